The van der Waals surface area contributed by atoms with Gasteiger partial charge in [-0.05, 0) is 25.1 Å². The van der Waals surface area contributed by atoms with E-state index in [-0.39, 0.29) is 6.04 Å². The summed E-state index contributed by atoms with van der Waals surface area (Å²) < 4.78 is 5.42. The van der Waals surface area contributed by atoms with Crippen molar-refractivity contribution >= 4 is 0 Å². The Morgan fingerprint density at radius 3 is 3.00 bits per heavy atom. The number of hydrogen-bond acceptors (Lipinski definition) is 4. The molecule has 0 fully saturated rings. The van der Waals surface area contributed by atoms with Crippen LogP contribution in [0.5, 0.6) is 0 Å². The van der Waals surface area contributed by atoms with Gasteiger partial charge in [0.2, 0.25) is 0 Å². The lowest BCUT2D eigenvalue weighted by atomic mass is 10.1. The molecule has 0 aliphatic rings. The zero-order valence-corrected chi connectivity index (χ0v) is 9.26. The van der Waals surface area contributed by atoms with Crippen LogP contribution in [-0.4, -0.2) is 16.5 Å². The second-order valence-corrected chi connectivity index (χ2v) is 3.53. The molecule has 1 atom stereocenters. The first-order valence-electron chi connectivity index (χ1n) is 5.44. The van der Waals surface area contributed by atoms with Crippen molar-refractivity contribution in [3.63, 3.8) is 0 Å². The van der Waals surface area contributed by atoms with Crippen molar-refractivity contribution in [2.24, 2.45) is 0 Å². The molecule has 0 amide bonds. The van der Waals surface area contributed by atoms with Crippen molar-refractivity contribution in [2.75, 3.05) is 6.54 Å². The summed E-state index contributed by atoms with van der Waals surface area (Å²) in [7, 11) is 0. The number of hydrogen-bond donors (Lipinski definition) is 1. The Hall–Kier alpha value is -1.68. The second kappa shape index (κ2) is 5.42. The Morgan fingerprint density at radius 2 is 2.38 bits per heavy atom. The minimum Gasteiger partial charge on any atom is -0.467 e. The summed E-state index contributed by atoms with van der Waals surface area (Å²) >= 11 is 0. The minimum atomic E-state index is -0.0105. The molecule has 0 radical (unpaired) electrons. The number of nitrogens with one attached hydrogen (secondary N) is 1. The highest BCUT2D eigenvalue weighted by Gasteiger charge is 2.16. The Kier molecular flexibility index (Phi) is 3.66. The summed E-state index contributed by atoms with van der Waals surface area (Å²) in [6.07, 6.45) is 7.86. The van der Waals surface area contributed by atoms with E-state index < -0.39 is 0 Å². The molecule has 0 spiro atoms. The maximum Gasteiger partial charge on any atom is 0.126 e. The third kappa shape index (κ3) is 2.46. The van der Waals surface area contributed by atoms with Crippen molar-refractivity contribution in [1.82, 2.24) is 15.3 Å². The Morgan fingerprint density at radius 1 is 1.44 bits per heavy atom. The fraction of sp³-hybridized carbons (Fsp3) is 0.333. The van der Waals surface area contributed by atoms with E-state index in [0.29, 0.717) is 0 Å². The monoisotopic (exact) mass is 217 g/mol. The summed E-state index contributed by atoms with van der Waals surface area (Å²) in [5.41, 5.74) is 0.880. The summed E-state index contributed by atoms with van der Waals surface area (Å²) in [5, 5.41) is 3.39. The lowest BCUT2D eigenvalue weighted by molar-refractivity contribution is 0.441. The van der Waals surface area contributed by atoms with Gasteiger partial charge in [-0.2, -0.15) is 0 Å². The molecule has 0 aliphatic carbocycles. The fourth-order valence-corrected chi connectivity index (χ4v) is 1.55. The van der Waals surface area contributed by atoms with Gasteiger partial charge in [-0.1, -0.05) is 6.92 Å². The molecule has 2 aromatic rings. The maximum atomic E-state index is 5.42. The molecule has 84 valence electrons. The molecule has 2 aromatic heterocycles. The summed E-state index contributed by atoms with van der Waals surface area (Å²) in [5.74, 6) is 0.869. The third-order valence-corrected chi connectivity index (χ3v) is 2.31. The number of furan rings is 1. The highest BCUT2D eigenvalue weighted by Crippen LogP contribution is 2.19. The largest absolute Gasteiger partial charge is 0.467 e. The van der Waals surface area contributed by atoms with E-state index in [1.807, 2.05) is 12.1 Å². The van der Waals surface area contributed by atoms with Gasteiger partial charge in [-0.15, -0.1) is 0 Å². The van der Waals surface area contributed by atoms with Gasteiger partial charge in [-0.25, -0.2) is 0 Å². The van der Waals surface area contributed by atoms with Crippen LogP contribution >= 0.6 is 0 Å². The van der Waals surface area contributed by atoms with Crippen LogP contribution in [-0.2, 0) is 0 Å². The predicted molar refractivity (Wildman–Crippen MR) is 60.9 cm³/mol. The van der Waals surface area contributed by atoms with Crippen molar-refractivity contribution in [1.29, 1.82) is 0 Å². The van der Waals surface area contributed by atoms with Gasteiger partial charge in [0, 0.05) is 12.4 Å². The van der Waals surface area contributed by atoms with Gasteiger partial charge >= 0.3 is 0 Å². The molecule has 4 heteroatoms. The molecule has 16 heavy (non-hydrogen) atoms. The lowest BCUT2D eigenvalue weighted by Gasteiger charge is -2.14. The van der Waals surface area contributed by atoms with Gasteiger partial charge in [0.1, 0.15) is 11.8 Å². The highest BCUT2D eigenvalue weighted by molar-refractivity contribution is 5.17. The Labute approximate surface area is 94.7 Å². The molecule has 0 aromatic carbocycles. The van der Waals surface area contributed by atoms with Gasteiger partial charge in [-0.3, -0.25) is 9.97 Å². The standard InChI is InChI=1S/C12H15N3O/c1-2-5-15-12(11-4-3-8-16-11)10-9-13-6-7-14-10/h3-4,6-9,12,15H,2,5H2,1H3. The molecule has 4 nitrogen and oxygen atoms in total. The zero-order valence-electron chi connectivity index (χ0n) is 9.26. The second-order valence-electron chi connectivity index (χ2n) is 3.53. The normalized spacial score (nSPS) is 12.6. The molecule has 2 rings (SSSR count). The van der Waals surface area contributed by atoms with Crippen LogP contribution in [0.25, 0.3) is 0 Å². The van der Waals surface area contributed by atoms with Crippen LogP contribution in [0, 0.1) is 0 Å². The number of nitrogens with zero attached hydrogens (tertiary/aromatic N) is 2. The van der Waals surface area contributed by atoms with E-state index in [9.17, 15) is 0 Å². The molecular formula is C12H15N3O. The van der Waals surface area contributed by atoms with E-state index in [2.05, 4.69) is 22.2 Å². The van der Waals surface area contributed by atoms with Crippen molar-refractivity contribution in [2.45, 2.75) is 19.4 Å². The van der Waals surface area contributed by atoms with E-state index in [1.54, 1.807) is 24.9 Å². The van der Waals surface area contributed by atoms with Gasteiger partial charge in [0.15, 0.2) is 0 Å². The van der Waals surface area contributed by atoms with Gasteiger partial charge in [0.05, 0.1) is 18.2 Å². The number of aromatic nitrogens is 2. The highest BCUT2D eigenvalue weighted by atomic mass is 16.3. The van der Waals surface area contributed by atoms with E-state index in [1.165, 1.54) is 0 Å². The van der Waals surface area contributed by atoms with E-state index in [4.69, 9.17) is 4.42 Å². The first-order valence-corrected chi connectivity index (χ1v) is 5.44. The van der Waals surface area contributed by atoms with Crippen LogP contribution in [0.3, 0.4) is 0 Å². The topological polar surface area (TPSA) is 51.0 Å². The van der Waals surface area contributed by atoms with Crippen LogP contribution in [0.1, 0.15) is 30.8 Å². The number of rotatable bonds is 5. The van der Waals surface area contributed by atoms with Gasteiger partial charge in [0.25, 0.3) is 0 Å². The smallest absolute Gasteiger partial charge is 0.126 e. The first-order chi connectivity index (χ1) is 7.92. The van der Waals surface area contributed by atoms with Gasteiger partial charge < -0.3 is 9.73 Å². The first kappa shape index (κ1) is 10.8. The average molecular weight is 217 g/mol. The third-order valence-electron chi connectivity index (χ3n) is 2.31. The van der Waals surface area contributed by atoms with Crippen LogP contribution in [0.2, 0.25) is 0 Å². The fourth-order valence-electron chi connectivity index (χ4n) is 1.55. The quantitative estimate of drug-likeness (QED) is 0.833. The SMILES string of the molecule is CCCNC(c1cnccn1)c1ccco1. The van der Waals surface area contributed by atoms with Crippen molar-refractivity contribution in [3.05, 3.63) is 48.4 Å². The lowest BCUT2D eigenvalue weighted by Crippen LogP contribution is -2.23. The predicted octanol–water partition coefficient (Wildman–Crippen LogP) is 2.16. The van der Waals surface area contributed by atoms with Crippen molar-refractivity contribution in [3.8, 4) is 0 Å². The van der Waals surface area contributed by atoms with E-state index >= 15 is 0 Å². The molecule has 0 saturated carbocycles. The summed E-state index contributed by atoms with van der Waals surface area (Å²) in [6.45, 7) is 3.05. The van der Waals surface area contributed by atoms with Crippen LogP contribution in [0.4, 0.5) is 0 Å². The molecule has 1 unspecified atom stereocenters. The average Bonchev–Trinajstić information content (AvgIpc) is 2.85. The molecule has 0 bridgehead atoms. The molecule has 0 saturated heterocycles. The van der Waals surface area contributed by atoms with Crippen LogP contribution in [0.15, 0.2) is 41.4 Å². The zero-order chi connectivity index (χ0) is 11.2. The van der Waals surface area contributed by atoms with Crippen LogP contribution < -0.4 is 5.32 Å². The molecule has 0 aliphatic heterocycles. The summed E-state index contributed by atoms with van der Waals surface area (Å²) in [4.78, 5) is 8.38. The Bertz CT molecular complexity index is 399. The summed E-state index contributed by atoms with van der Waals surface area (Å²) in [6, 6.07) is 3.82. The molecular weight excluding hydrogens is 202 g/mol. The molecule has 1 N–H and O–H groups in total. The maximum absolute atomic E-state index is 5.42. The minimum absolute atomic E-state index is 0.0105. The van der Waals surface area contributed by atoms with Crippen molar-refractivity contribution < 1.29 is 4.42 Å². The molecule has 2 heterocycles. The van der Waals surface area contributed by atoms with E-state index in [0.717, 1.165) is 24.4 Å². The Balaban J connectivity index is 2.21.